The van der Waals surface area contributed by atoms with Gasteiger partial charge in [-0.3, -0.25) is 9.59 Å². The second-order valence-electron chi connectivity index (χ2n) is 8.99. The number of nitrogens with one attached hydrogen (secondary N) is 1. The average molecular weight is 417 g/mol. The first-order chi connectivity index (χ1) is 13.7. The molecule has 1 aliphatic heterocycles. The maximum atomic E-state index is 12.9. The summed E-state index contributed by atoms with van der Waals surface area (Å²) < 4.78 is 1.91. The molecule has 2 heterocycles. The molecule has 1 aromatic heterocycles. The maximum absolute atomic E-state index is 12.9. The van der Waals surface area contributed by atoms with Crippen molar-refractivity contribution in [3.8, 4) is 0 Å². The fraction of sp³-hybridized carbons (Fsp3) is 0.591. The lowest BCUT2D eigenvalue weighted by molar-refractivity contribution is -0.134. The molecule has 2 aromatic rings. The molecule has 0 bridgehead atoms. The lowest BCUT2D eigenvalue weighted by Gasteiger charge is -2.39. The Hall–Kier alpha value is -2.02. The monoisotopic (exact) mass is 416 g/mol. The number of amides is 2. The molecule has 1 fully saturated rings. The van der Waals surface area contributed by atoms with Gasteiger partial charge in [0.25, 0.3) is 0 Å². The Morgan fingerprint density at radius 3 is 2.48 bits per heavy atom. The third-order valence-corrected chi connectivity index (χ3v) is 6.20. The van der Waals surface area contributed by atoms with Gasteiger partial charge < -0.3 is 14.8 Å². The molecule has 29 heavy (non-hydrogen) atoms. The number of imidazole rings is 1. The van der Waals surface area contributed by atoms with Crippen LogP contribution in [0.15, 0.2) is 29.4 Å². The van der Waals surface area contributed by atoms with Crippen molar-refractivity contribution in [2.75, 3.05) is 5.75 Å². The minimum Gasteiger partial charge on any atom is -0.350 e. The van der Waals surface area contributed by atoms with Gasteiger partial charge in [0.2, 0.25) is 11.8 Å². The molecule has 3 rings (SSSR count). The van der Waals surface area contributed by atoms with Gasteiger partial charge in [0.1, 0.15) is 6.54 Å². The van der Waals surface area contributed by atoms with Crippen LogP contribution in [-0.2, 0) is 16.1 Å². The standard InChI is InChI=1S/C22H32N4O2S/c1-15-9-8-10-16(2)26(15)20(28)14-29-21-23-17-11-6-7-12-18(17)25(21)13-19(27)24-22(3,4)5/h6-7,11-12,15-16H,8-10,13-14H2,1-5H3,(H,24,27). The number of hydrogen-bond donors (Lipinski definition) is 1. The van der Waals surface area contributed by atoms with Crippen molar-refractivity contribution in [2.45, 2.75) is 83.2 Å². The van der Waals surface area contributed by atoms with E-state index in [4.69, 9.17) is 4.98 Å². The summed E-state index contributed by atoms with van der Waals surface area (Å²) in [6.07, 6.45) is 3.30. The van der Waals surface area contributed by atoms with Crippen LogP contribution in [0.1, 0.15) is 53.9 Å². The van der Waals surface area contributed by atoms with Gasteiger partial charge in [-0.15, -0.1) is 0 Å². The van der Waals surface area contributed by atoms with Gasteiger partial charge in [0, 0.05) is 17.6 Å². The summed E-state index contributed by atoms with van der Waals surface area (Å²) in [6.45, 7) is 10.3. The highest BCUT2D eigenvalue weighted by Crippen LogP contribution is 2.27. The maximum Gasteiger partial charge on any atom is 0.240 e. The average Bonchev–Trinajstić information content (AvgIpc) is 2.96. The van der Waals surface area contributed by atoms with E-state index in [1.165, 1.54) is 18.2 Å². The zero-order valence-electron chi connectivity index (χ0n) is 18.1. The number of aromatic nitrogens is 2. The van der Waals surface area contributed by atoms with E-state index >= 15 is 0 Å². The quantitative estimate of drug-likeness (QED) is 0.752. The van der Waals surface area contributed by atoms with E-state index in [1.807, 2.05) is 54.5 Å². The first-order valence-corrected chi connectivity index (χ1v) is 11.3. The van der Waals surface area contributed by atoms with Crippen molar-refractivity contribution in [3.63, 3.8) is 0 Å². The fourth-order valence-corrected chi connectivity index (χ4v) is 4.91. The van der Waals surface area contributed by atoms with Gasteiger partial charge in [0.15, 0.2) is 5.16 Å². The van der Waals surface area contributed by atoms with Crippen molar-refractivity contribution < 1.29 is 9.59 Å². The molecule has 0 radical (unpaired) electrons. The lowest BCUT2D eigenvalue weighted by Crippen LogP contribution is -2.48. The molecular formula is C22H32N4O2S. The second-order valence-corrected chi connectivity index (χ2v) is 9.93. The molecule has 1 aromatic carbocycles. The molecule has 1 aliphatic rings. The first-order valence-electron chi connectivity index (χ1n) is 10.4. The summed E-state index contributed by atoms with van der Waals surface area (Å²) in [5, 5.41) is 3.71. The van der Waals surface area contributed by atoms with Crippen LogP contribution in [0.3, 0.4) is 0 Å². The zero-order valence-corrected chi connectivity index (χ0v) is 18.9. The molecule has 1 N–H and O–H groups in total. The molecule has 0 saturated carbocycles. The molecule has 6 nitrogen and oxygen atoms in total. The smallest absolute Gasteiger partial charge is 0.240 e. The van der Waals surface area contributed by atoms with Crippen LogP contribution in [-0.4, -0.2) is 49.6 Å². The SMILES string of the molecule is CC1CCCC(C)N1C(=O)CSc1nc2ccccc2n1CC(=O)NC(C)(C)C. The summed E-state index contributed by atoms with van der Waals surface area (Å²) >= 11 is 1.42. The molecule has 2 atom stereocenters. The van der Waals surface area contributed by atoms with Crippen LogP contribution in [0.25, 0.3) is 11.0 Å². The topological polar surface area (TPSA) is 67.2 Å². The summed E-state index contributed by atoms with van der Waals surface area (Å²) in [6, 6.07) is 8.35. The zero-order chi connectivity index (χ0) is 21.2. The van der Waals surface area contributed by atoms with Gasteiger partial charge in [-0.2, -0.15) is 0 Å². The molecule has 1 saturated heterocycles. The number of nitrogens with zero attached hydrogens (tertiary/aromatic N) is 3. The Morgan fingerprint density at radius 2 is 1.83 bits per heavy atom. The highest BCUT2D eigenvalue weighted by Gasteiger charge is 2.29. The van der Waals surface area contributed by atoms with E-state index in [-0.39, 0.29) is 36.0 Å². The summed E-state index contributed by atoms with van der Waals surface area (Å²) in [5.41, 5.74) is 1.45. The molecule has 0 spiro atoms. The normalized spacial score (nSPS) is 20.1. The third-order valence-electron chi connectivity index (χ3n) is 5.24. The fourth-order valence-electron chi connectivity index (χ4n) is 4.03. The molecule has 2 unspecified atom stereocenters. The number of benzene rings is 1. The number of para-hydroxylation sites is 2. The lowest BCUT2D eigenvalue weighted by atomic mass is 9.98. The number of fused-ring (bicyclic) bond motifs is 1. The van der Waals surface area contributed by atoms with Crippen LogP contribution in [0.4, 0.5) is 0 Å². The van der Waals surface area contributed by atoms with Crippen LogP contribution in [0.5, 0.6) is 0 Å². The Bertz CT molecular complexity index is 877. The number of thioether (sulfide) groups is 1. The predicted octanol–water partition coefficient (Wildman–Crippen LogP) is 3.83. The number of carbonyl (C=O) groups excluding carboxylic acids is 2. The van der Waals surface area contributed by atoms with E-state index in [0.717, 1.165) is 23.9 Å². The minimum atomic E-state index is -0.294. The summed E-state index contributed by atoms with van der Waals surface area (Å²) in [7, 11) is 0. The van der Waals surface area contributed by atoms with Crippen molar-refractivity contribution in [1.82, 2.24) is 19.8 Å². The molecular weight excluding hydrogens is 384 g/mol. The van der Waals surface area contributed by atoms with Crippen molar-refractivity contribution in [2.24, 2.45) is 0 Å². The largest absolute Gasteiger partial charge is 0.350 e. The Morgan fingerprint density at radius 1 is 1.17 bits per heavy atom. The van der Waals surface area contributed by atoms with E-state index in [0.29, 0.717) is 10.9 Å². The van der Waals surface area contributed by atoms with E-state index in [9.17, 15) is 9.59 Å². The summed E-state index contributed by atoms with van der Waals surface area (Å²) in [5.74, 6) is 0.415. The van der Waals surface area contributed by atoms with Crippen molar-refractivity contribution in [3.05, 3.63) is 24.3 Å². The number of piperidine rings is 1. The number of likely N-dealkylation sites (tertiary alicyclic amines) is 1. The van der Waals surface area contributed by atoms with Gasteiger partial charge >= 0.3 is 0 Å². The number of rotatable bonds is 5. The Kier molecular flexibility index (Phi) is 6.56. The molecule has 2 amide bonds. The molecule has 158 valence electrons. The van der Waals surface area contributed by atoms with Gasteiger partial charge in [-0.05, 0) is 66.0 Å². The Labute approximate surface area is 177 Å². The predicted molar refractivity (Wildman–Crippen MR) is 118 cm³/mol. The van der Waals surface area contributed by atoms with Crippen molar-refractivity contribution >= 4 is 34.6 Å². The first kappa shape index (κ1) is 21.7. The molecule has 0 aliphatic carbocycles. The van der Waals surface area contributed by atoms with Crippen LogP contribution in [0, 0.1) is 0 Å². The van der Waals surface area contributed by atoms with E-state index in [2.05, 4.69) is 19.2 Å². The molecule has 7 heteroatoms. The van der Waals surface area contributed by atoms with Crippen LogP contribution >= 0.6 is 11.8 Å². The van der Waals surface area contributed by atoms with E-state index < -0.39 is 0 Å². The minimum absolute atomic E-state index is 0.0629. The van der Waals surface area contributed by atoms with Crippen LogP contribution in [0.2, 0.25) is 0 Å². The van der Waals surface area contributed by atoms with Gasteiger partial charge in [0.05, 0.1) is 16.8 Å². The van der Waals surface area contributed by atoms with Gasteiger partial charge in [-0.1, -0.05) is 23.9 Å². The van der Waals surface area contributed by atoms with E-state index in [1.54, 1.807) is 0 Å². The third kappa shape index (κ3) is 5.32. The summed E-state index contributed by atoms with van der Waals surface area (Å²) in [4.78, 5) is 32.2. The van der Waals surface area contributed by atoms with Gasteiger partial charge in [-0.25, -0.2) is 4.98 Å². The van der Waals surface area contributed by atoms with Crippen molar-refractivity contribution in [1.29, 1.82) is 0 Å². The number of hydrogen-bond acceptors (Lipinski definition) is 4. The second kappa shape index (κ2) is 8.78. The Balaban J connectivity index is 1.78. The van der Waals surface area contributed by atoms with Crippen LogP contribution < -0.4 is 5.32 Å². The number of carbonyl (C=O) groups is 2. The highest BCUT2D eigenvalue weighted by atomic mass is 32.2. The highest BCUT2D eigenvalue weighted by molar-refractivity contribution is 7.99.